The highest BCUT2D eigenvalue weighted by molar-refractivity contribution is 7.91. The van der Waals surface area contributed by atoms with E-state index in [1.807, 2.05) is 6.92 Å². The largest absolute Gasteiger partial charge is 0.352 e. The van der Waals surface area contributed by atoms with Crippen LogP contribution in [0.4, 0.5) is 5.95 Å². The van der Waals surface area contributed by atoms with Gasteiger partial charge in [0.25, 0.3) is 5.91 Å². The van der Waals surface area contributed by atoms with E-state index >= 15 is 0 Å². The molecule has 1 atom stereocenters. The number of sulfone groups is 1. The predicted molar refractivity (Wildman–Crippen MR) is 75.3 cm³/mol. The molecule has 20 heavy (non-hydrogen) atoms. The van der Waals surface area contributed by atoms with Crippen molar-refractivity contribution >= 4 is 21.7 Å². The normalized spacial score (nSPS) is 20.6. The van der Waals surface area contributed by atoms with Crippen LogP contribution >= 0.6 is 0 Å². The molecule has 1 aromatic rings. The standard InChI is InChI=1S/C12H18N4O3S/c1-2-4-13-11(17)9-6-14-12(15-7-9)16-10-3-5-20(18,19)8-10/h6-7,10H,2-5,8H2,1H3,(H,13,17)(H,14,15,16). The van der Waals surface area contributed by atoms with Gasteiger partial charge in [0, 0.05) is 25.0 Å². The van der Waals surface area contributed by atoms with Crippen molar-refractivity contribution in [1.29, 1.82) is 0 Å². The quantitative estimate of drug-likeness (QED) is 0.806. The fraction of sp³-hybridized carbons (Fsp3) is 0.583. The third-order valence-corrected chi connectivity index (χ3v) is 4.78. The van der Waals surface area contributed by atoms with Gasteiger partial charge in [-0.3, -0.25) is 4.79 Å². The maximum Gasteiger partial charge on any atom is 0.254 e. The molecule has 1 aliphatic heterocycles. The van der Waals surface area contributed by atoms with E-state index in [4.69, 9.17) is 0 Å². The van der Waals surface area contributed by atoms with Crippen LogP contribution in [0.5, 0.6) is 0 Å². The monoisotopic (exact) mass is 298 g/mol. The molecule has 7 nitrogen and oxygen atoms in total. The maximum absolute atomic E-state index is 11.7. The summed E-state index contributed by atoms with van der Waals surface area (Å²) in [5.74, 6) is 0.443. The SMILES string of the molecule is CCCNC(=O)c1cnc(NC2CCS(=O)(=O)C2)nc1. The first kappa shape index (κ1) is 14.7. The second-order valence-corrected chi connectivity index (χ2v) is 7.02. The summed E-state index contributed by atoms with van der Waals surface area (Å²) >= 11 is 0. The van der Waals surface area contributed by atoms with Gasteiger partial charge in [0.15, 0.2) is 9.84 Å². The van der Waals surface area contributed by atoms with Crippen molar-refractivity contribution in [2.45, 2.75) is 25.8 Å². The fourth-order valence-electron chi connectivity index (χ4n) is 1.95. The lowest BCUT2D eigenvalue weighted by Crippen LogP contribution is -2.25. The topological polar surface area (TPSA) is 101 Å². The molecule has 0 spiro atoms. The van der Waals surface area contributed by atoms with Gasteiger partial charge in [-0.2, -0.15) is 0 Å². The maximum atomic E-state index is 11.7. The minimum atomic E-state index is -2.93. The van der Waals surface area contributed by atoms with Gasteiger partial charge in [0.1, 0.15) is 0 Å². The summed E-state index contributed by atoms with van der Waals surface area (Å²) in [6.07, 6.45) is 4.29. The lowest BCUT2D eigenvalue weighted by Gasteiger charge is -2.10. The van der Waals surface area contributed by atoms with Crippen molar-refractivity contribution in [3.05, 3.63) is 18.0 Å². The summed E-state index contributed by atoms with van der Waals surface area (Å²) in [7, 11) is -2.93. The summed E-state index contributed by atoms with van der Waals surface area (Å²) in [6, 6.07) is -0.153. The van der Waals surface area contributed by atoms with E-state index in [2.05, 4.69) is 20.6 Å². The number of carbonyl (C=O) groups excluding carboxylic acids is 1. The van der Waals surface area contributed by atoms with Gasteiger partial charge < -0.3 is 10.6 Å². The van der Waals surface area contributed by atoms with Crippen molar-refractivity contribution < 1.29 is 13.2 Å². The molecule has 0 bridgehead atoms. The first-order valence-corrected chi connectivity index (χ1v) is 8.39. The number of rotatable bonds is 5. The molecule has 1 aromatic heterocycles. The van der Waals surface area contributed by atoms with Crippen molar-refractivity contribution in [3.63, 3.8) is 0 Å². The second-order valence-electron chi connectivity index (χ2n) is 4.80. The van der Waals surface area contributed by atoms with Crippen LogP contribution in [0.25, 0.3) is 0 Å². The average molecular weight is 298 g/mol. The Labute approximate surface area is 118 Å². The summed E-state index contributed by atoms with van der Waals surface area (Å²) in [5, 5.41) is 5.71. The molecule has 2 N–H and O–H groups in total. The average Bonchev–Trinajstić information content (AvgIpc) is 2.76. The van der Waals surface area contributed by atoms with Crippen LogP contribution in [-0.2, 0) is 9.84 Å². The van der Waals surface area contributed by atoms with Crippen LogP contribution < -0.4 is 10.6 Å². The van der Waals surface area contributed by atoms with Crippen molar-refractivity contribution in [2.24, 2.45) is 0 Å². The summed E-state index contributed by atoms with van der Waals surface area (Å²) < 4.78 is 22.7. The Hall–Kier alpha value is -1.70. The van der Waals surface area contributed by atoms with Crippen LogP contribution in [0.1, 0.15) is 30.1 Å². The zero-order valence-electron chi connectivity index (χ0n) is 11.3. The van der Waals surface area contributed by atoms with Gasteiger partial charge in [0.05, 0.1) is 17.1 Å². The van der Waals surface area contributed by atoms with Crippen LogP contribution in [0.3, 0.4) is 0 Å². The molecule has 0 aromatic carbocycles. The molecule has 1 saturated heterocycles. The van der Waals surface area contributed by atoms with E-state index in [-0.39, 0.29) is 23.5 Å². The third kappa shape index (κ3) is 3.89. The van der Waals surface area contributed by atoms with Gasteiger partial charge in [-0.25, -0.2) is 18.4 Å². The zero-order valence-corrected chi connectivity index (χ0v) is 12.1. The smallest absolute Gasteiger partial charge is 0.254 e. The molecule has 0 aliphatic carbocycles. The van der Waals surface area contributed by atoms with Crippen molar-refractivity contribution in [3.8, 4) is 0 Å². The fourth-order valence-corrected chi connectivity index (χ4v) is 3.63. The summed E-state index contributed by atoms with van der Waals surface area (Å²) in [5.41, 5.74) is 0.392. The van der Waals surface area contributed by atoms with E-state index in [1.165, 1.54) is 12.4 Å². The molecule has 1 amide bonds. The van der Waals surface area contributed by atoms with E-state index in [1.54, 1.807) is 0 Å². The second kappa shape index (κ2) is 6.17. The van der Waals surface area contributed by atoms with Gasteiger partial charge in [-0.1, -0.05) is 6.92 Å². The van der Waals surface area contributed by atoms with Crippen LogP contribution in [0.2, 0.25) is 0 Å². The first-order valence-electron chi connectivity index (χ1n) is 6.57. The molecular formula is C12H18N4O3S. The molecule has 8 heteroatoms. The van der Waals surface area contributed by atoms with E-state index < -0.39 is 9.84 Å². The zero-order chi connectivity index (χ0) is 14.6. The van der Waals surface area contributed by atoms with Crippen LogP contribution in [0.15, 0.2) is 12.4 Å². The molecule has 1 aliphatic rings. The van der Waals surface area contributed by atoms with Crippen molar-refractivity contribution in [2.75, 3.05) is 23.4 Å². The molecule has 0 radical (unpaired) electrons. The van der Waals surface area contributed by atoms with Gasteiger partial charge in [-0.15, -0.1) is 0 Å². The first-order chi connectivity index (χ1) is 9.50. The van der Waals surface area contributed by atoms with E-state index in [0.717, 1.165) is 6.42 Å². The number of hydrogen-bond donors (Lipinski definition) is 2. The molecule has 1 fully saturated rings. The number of amides is 1. The number of carbonyl (C=O) groups is 1. The van der Waals surface area contributed by atoms with Gasteiger partial charge in [-0.05, 0) is 12.8 Å². The Morgan fingerprint density at radius 1 is 1.40 bits per heavy atom. The number of nitrogens with one attached hydrogen (secondary N) is 2. The molecule has 1 unspecified atom stereocenters. The lowest BCUT2D eigenvalue weighted by molar-refractivity contribution is 0.0953. The van der Waals surface area contributed by atoms with Crippen LogP contribution in [-0.4, -0.2) is 48.4 Å². The minimum Gasteiger partial charge on any atom is -0.352 e. The Morgan fingerprint density at radius 3 is 2.65 bits per heavy atom. The van der Waals surface area contributed by atoms with Gasteiger partial charge >= 0.3 is 0 Å². The Balaban J connectivity index is 1.93. The van der Waals surface area contributed by atoms with E-state index in [9.17, 15) is 13.2 Å². The Bertz CT molecular complexity index is 571. The van der Waals surface area contributed by atoms with E-state index in [0.29, 0.717) is 24.5 Å². The van der Waals surface area contributed by atoms with Crippen molar-refractivity contribution in [1.82, 2.24) is 15.3 Å². The molecule has 0 saturated carbocycles. The molecule has 2 heterocycles. The number of aromatic nitrogens is 2. The lowest BCUT2D eigenvalue weighted by atomic mass is 10.3. The number of anilines is 1. The molecule has 2 rings (SSSR count). The molecule has 110 valence electrons. The Kier molecular flexibility index (Phi) is 4.53. The highest BCUT2D eigenvalue weighted by Crippen LogP contribution is 2.14. The third-order valence-electron chi connectivity index (χ3n) is 3.02. The Morgan fingerprint density at radius 2 is 2.10 bits per heavy atom. The molecular weight excluding hydrogens is 280 g/mol. The van der Waals surface area contributed by atoms with Gasteiger partial charge in [0.2, 0.25) is 5.95 Å². The highest BCUT2D eigenvalue weighted by Gasteiger charge is 2.28. The number of hydrogen-bond acceptors (Lipinski definition) is 6. The van der Waals surface area contributed by atoms with Crippen LogP contribution in [0, 0.1) is 0 Å². The minimum absolute atomic E-state index is 0.106. The summed E-state index contributed by atoms with van der Waals surface area (Å²) in [6.45, 7) is 2.58. The number of nitrogens with zero attached hydrogens (tertiary/aromatic N) is 2. The highest BCUT2D eigenvalue weighted by atomic mass is 32.2. The summed E-state index contributed by atoms with van der Waals surface area (Å²) in [4.78, 5) is 19.7. The predicted octanol–water partition coefficient (Wildman–Crippen LogP) is 0.215.